The van der Waals surface area contributed by atoms with E-state index in [1.54, 1.807) is 0 Å². The minimum absolute atomic E-state index is 0.176. The Kier molecular flexibility index (Phi) is 3.09. The normalized spacial score (nSPS) is 32.7. The van der Waals surface area contributed by atoms with Gasteiger partial charge in [-0.1, -0.05) is 13.8 Å². The topological polar surface area (TPSA) is 46.3 Å². The first-order chi connectivity index (χ1) is 6.40. The third-order valence-electron chi connectivity index (χ3n) is 3.20. The van der Waals surface area contributed by atoms with Crippen molar-refractivity contribution in [1.29, 1.82) is 0 Å². The van der Waals surface area contributed by atoms with Crippen molar-refractivity contribution in [2.45, 2.75) is 20.3 Å². The van der Waals surface area contributed by atoms with Gasteiger partial charge in [0.05, 0.1) is 0 Å². The van der Waals surface area contributed by atoms with E-state index in [1.165, 1.54) is 4.90 Å². The monoisotopic (exact) mass is 206 g/mol. The molecule has 0 saturated carbocycles. The number of carbonyl (C=O) groups is 1. The number of likely N-dealkylation sites (tertiary alicyclic amines) is 1. The zero-order chi connectivity index (χ0) is 10.9. The molecule has 2 atom stereocenters. The van der Waals surface area contributed by atoms with E-state index in [4.69, 9.17) is 5.73 Å². The highest BCUT2D eigenvalue weighted by Gasteiger charge is 2.42. The number of nitrogens with two attached hydrogens (primary N) is 1. The second-order valence-electron chi connectivity index (χ2n) is 4.28. The molecule has 0 radical (unpaired) electrons. The minimum atomic E-state index is -2.90. The zero-order valence-electron chi connectivity index (χ0n) is 8.46. The molecule has 1 saturated heterocycles. The summed E-state index contributed by atoms with van der Waals surface area (Å²) in [7, 11) is 0. The third-order valence-corrected chi connectivity index (χ3v) is 3.20. The molecule has 3 nitrogen and oxygen atoms in total. The van der Waals surface area contributed by atoms with Crippen LogP contribution in [-0.4, -0.2) is 36.9 Å². The van der Waals surface area contributed by atoms with E-state index in [-0.39, 0.29) is 11.3 Å². The highest BCUT2D eigenvalue weighted by molar-refractivity contribution is 5.79. The summed E-state index contributed by atoms with van der Waals surface area (Å²) in [5, 5.41) is 0. The molecule has 1 amide bonds. The largest absolute Gasteiger partial charge is 0.337 e. The zero-order valence-corrected chi connectivity index (χ0v) is 8.46. The van der Waals surface area contributed by atoms with Crippen LogP contribution in [0, 0.1) is 11.3 Å². The van der Waals surface area contributed by atoms with E-state index >= 15 is 0 Å². The van der Waals surface area contributed by atoms with Crippen LogP contribution in [0.4, 0.5) is 8.78 Å². The van der Waals surface area contributed by atoms with Crippen molar-refractivity contribution in [1.82, 2.24) is 4.90 Å². The summed E-state index contributed by atoms with van der Waals surface area (Å²) < 4.78 is 24.3. The molecule has 14 heavy (non-hydrogen) atoms. The fraction of sp³-hybridized carbons (Fsp3) is 0.889. The van der Waals surface area contributed by atoms with E-state index < -0.39 is 12.3 Å². The predicted molar refractivity (Wildman–Crippen MR) is 48.9 cm³/mol. The van der Waals surface area contributed by atoms with Gasteiger partial charge in [-0.3, -0.25) is 4.79 Å². The van der Waals surface area contributed by atoms with Crippen LogP contribution in [0.15, 0.2) is 0 Å². The second-order valence-corrected chi connectivity index (χ2v) is 4.28. The summed E-state index contributed by atoms with van der Waals surface area (Å²) in [5.74, 6) is -0.899. The van der Waals surface area contributed by atoms with Crippen molar-refractivity contribution in [3.8, 4) is 0 Å². The van der Waals surface area contributed by atoms with Crippen LogP contribution >= 0.6 is 0 Å². The highest BCUT2D eigenvalue weighted by atomic mass is 19.3. The second kappa shape index (κ2) is 3.81. The number of rotatable bonds is 2. The molecular formula is C9H16F2N2O. The molecule has 0 aromatic rings. The van der Waals surface area contributed by atoms with Crippen LogP contribution in [0.3, 0.4) is 0 Å². The lowest BCUT2D eigenvalue weighted by molar-refractivity contribution is -0.142. The van der Waals surface area contributed by atoms with Crippen molar-refractivity contribution in [3.63, 3.8) is 0 Å². The Labute approximate surface area is 82.2 Å². The molecule has 0 bridgehead atoms. The molecule has 82 valence electrons. The van der Waals surface area contributed by atoms with Gasteiger partial charge in [-0.15, -0.1) is 0 Å². The highest BCUT2D eigenvalue weighted by Crippen LogP contribution is 2.34. The SMILES string of the molecule is CC1CN(C(=O)C(F)F)CC1(C)CN. The molecule has 0 aromatic carbocycles. The first-order valence-electron chi connectivity index (χ1n) is 4.67. The first kappa shape index (κ1) is 11.4. The Morgan fingerprint density at radius 2 is 2.29 bits per heavy atom. The van der Waals surface area contributed by atoms with Crippen molar-refractivity contribution in [2.75, 3.05) is 19.6 Å². The molecule has 1 aliphatic heterocycles. The molecule has 1 aliphatic rings. The lowest BCUT2D eigenvalue weighted by Gasteiger charge is -2.25. The Morgan fingerprint density at radius 1 is 1.71 bits per heavy atom. The Hall–Kier alpha value is -0.710. The number of carbonyl (C=O) groups excluding carboxylic acids is 1. The van der Waals surface area contributed by atoms with Gasteiger partial charge in [0.2, 0.25) is 0 Å². The van der Waals surface area contributed by atoms with Crippen LogP contribution in [0.1, 0.15) is 13.8 Å². The van der Waals surface area contributed by atoms with Crippen LogP contribution in [-0.2, 0) is 4.79 Å². The van der Waals surface area contributed by atoms with Gasteiger partial charge in [0.15, 0.2) is 0 Å². The van der Waals surface area contributed by atoms with Gasteiger partial charge >= 0.3 is 6.43 Å². The summed E-state index contributed by atoms with van der Waals surface area (Å²) in [6.45, 7) is 5.01. The van der Waals surface area contributed by atoms with Crippen molar-refractivity contribution >= 4 is 5.91 Å². The summed E-state index contributed by atoms with van der Waals surface area (Å²) >= 11 is 0. The minimum Gasteiger partial charge on any atom is -0.337 e. The fourth-order valence-electron chi connectivity index (χ4n) is 1.78. The molecule has 5 heteroatoms. The summed E-state index contributed by atoms with van der Waals surface area (Å²) in [6, 6.07) is 0. The van der Waals surface area contributed by atoms with Gasteiger partial charge in [0.25, 0.3) is 5.91 Å². The fourth-order valence-corrected chi connectivity index (χ4v) is 1.78. The van der Waals surface area contributed by atoms with Crippen molar-refractivity contribution in [3.05, 3.63) is 0 Å². The molecule has 1 fully saturated rings. The van der Waals surface area contributed by atoms with Gasteiger partial charge in [-0.05, 0) is 12.5 Å². The number of hydrogen-bond donors (Lipinski definition) is 1. The van der Waals surface area contributed by atoms with E-state index in [9.17, 15) is 13.6 Å². The maximum atomic E-state index is 12.1. The smallest absolute Gasteiger partial charge is 0.315 e. The number of hydrogen-bond acceptors (Lipinski definition) is 2. The first-order valence-corrected chi connectivity index (χ1v) is 4.67. The molecule has 1 rings (SSSR count). The predicted octanol–water partition coefficient (Wildman–Crippen LogP) is 0.695. The Morgan fingerprint density at radius 3 is 2.64 bits per heavy atom. The third kappa shape index (κ3) is 1.87. The molecular weight excluding hydrogens is 190 g/mol. The van der Waals surface area contributed by atoms with E-state index in [2.05, 4.69) is 0 Å². The van der Waals surface area contributed by atoms with Gasteiger partial charge in [-0.25, -0.2) is 0 Å². The maximum absolute atomic E-state index is 12.1. The van der Waals surface area contributed by atoms with E-state index in [0.717, 1.165) is 0 Å². The summed E-state index contributed by atoms with van der Waals surface area (Å²) in [4.78, 5) is 12.2. The number of alkyl halides is 2. The lowest BCUT2D eigenvalue weighted by Crippen LogP contribution is -2.37. The van der Waals surface area contributed by atoms with E-state index in [0.29, 0.717) is 19.6 Å². The molecule has 0 spiro atoms. The maximum Gasteiger partial charge on any atom is 0.315 e. The lowest BCUT2D eigenvalue weighted by atomic mass is 9.81. The van der Waals surface area contributed by atoms with Crippen LogP contribution in [0.25, 0.3) is 0 Å². The molecule has 0 aliphatic carbocycles. The van der Waals surface area contributed by atoms with Gasteiger partial charge in [0.1, 0.15) is 0 Å². The molecule has 0 aromatic heterocycles. The van der Waals surface area contributed by atoms with Crippen LogP contribution in [0.5, 0.6) is 0 Å². The standard InChI is InChI=1S/C9H16F2N2O/c1-6-3-13(8(14)7(10)11)5-9(6,2)4-12/h6-7H,3-5,12H2,1-2H3. The van der Waals surface area contributed by atoms with E-state index in [1.807, 2.05) is 13.8 Å². The Bertz CT molecular complexity index is 235. The number of amides is 1. The quantitative estimate of drug-likeness (QED) is 0.722. The van der Waals surface area contributed by atoms with Crippen molar-refractivity contribution in [2.24, 2.45) is 17.1 Å². The summed E-state index contributed by atoms with van der Waals surface area (Å²) in [5.41, 5.74) is 5.35. The average molecular weight is 206 g/mol. The number of nitrogens with zero attached hydrogens (tertiary/aromatic N) is 1. The molecule has 2 unspecified atom stereocenters. The summed E-state index contributed by atoms with van der Waals surface area (Å²) in [6.07, 6.45) is -2.90. The number of halogens is 2. The van der Waals surface area contributed by atoms with Crippen LogP contribution in [0.2, 0.25) is 0 Å². The van der Waals surface area contributed by atoms with Gasteiger partial charge in [-0.2, -0.15) is 8.78 Å². The Balaban J connectivity index is 2.68. The van der Waals surface area contributed by atoms with Crippen molar-refractivity contribution < 1.29 is 13.6 Å². The molecule has 2 N–H and O–H groups in total. The van der Waals surface area contributed by atoms with Gasteiger partial charge in [0, 0.05) is 18.5 Å². The molecule has 1 heterocycles. The van der Waals surface area contributed by atoms with Gasteiger partial charge < -0.3 is 10.6 Å². The average Bonchev–Trinajstić information content (AvgIpc) is 2.43. The van der Waals surface area contributed by atoms with Crippen LogP contribution < -0.4 is 5.73 Å².